The summed E-state index contributed by atoms with van der Waals surface area (Å²) in [6.07, 6.45) is 7.58. The zero-order valence-electron chi connectivity index (χ0n) is 12.8. The van der Waals surface area contributed by atoms with Crippen molar-refractivity contribution < 1.29 is 4.79 Å². The Morgan fingerprint density at radius 3 is 3.09 bits per heavy atom. The van der Waals surface area contributed by atoms with Gasteiger partial charge >= 0.3 is 6.03 Å². The van der Waals surface area contributed by atoms with Crippen molar-refractivity contribution in [2.75, 3.05) is 13.1 Å². The zero-order valence-corrected chi connectivity index (χ0v) is 12.8. The summed E-state index contributed by atoms with van der Waals surface area (Å²) in [5, 5.41) is 7.20. The number of aromatic nitrogens is 3. The molecule has 0 aliphatic carbocycles. The first-order valence-electron chi connectivity index (χ1n) is 7.70. The summed E-state index contributed by atoms with van der Waals surface area (Å²) in [7, 11) is 0. The van der Waals surface area contributed by atoms with Gasteiger partial charge in [-0.15, -0.1) is 0 Å². The molecule has 1 aliphatic heterocycles. The molecule has 6 nitrogen and oxygen atoms in total. The highest BCUT2D eigenvalue weighted by molar-refractivity contribution is 5.74. The number of carbonyl (C=O) groups is 1. The van der Waals surface area contributed by atoms with Crippen LogP contribution in [0.25, 0.3) is 5.82 Å². The van der Waals surface area contributed by atoms with Crippen molar-refractivity contribution in [1.82, 2.24) is 25.0 Å². The molecule has 2 aromatic rings. The van der Waals surface area contributed by atoms with Crippen LogP contribution in [0.15, 0.2) is 36.8 Å². The minimum absolute atomic E-state index is 0.00168. The Hall–Kier alpha value is -2.37. The molecule has 1 fully saturated rings. The predicted octanol–water partition coefficient (Wildman–Crippen LogP) is 2.21. The highest BCUT2D eigenvalue weighted by Gasteiger charge is 2.20. The summed E-state index contributed by atoms with van der Waals surface area (Å²) >= 11 is 0. The van der Waals surface area contributed by atoms with Gasteiger partial charge in [0, 0.05) is 43.8 Å². The molecule has 0 spiro atoms. The molecule has 2 aromatic heterocycles. The van der Waals surface area contributed by atoms with Crippen LogP contribution in [0.3, 0.4) is 0 Å². The average Bonchev–Trinajstić information content (AvgIpc) is 3.07. The predicted molar refractivity (Wildman–Crippen MR) is 83.6 cm³/mol. The van der Waals surface area contributed by atoms with Gasteiger partial charge in [0.2, 0.25) is 0 Å². The van der Waals surface area contributed by atoms with Crippen LogP contribution < -0.4 is 5.32 Å². The van der Waals surface area contributed by atoms with Gasteiger partial charge in [0.1, 0.15) is 0 Å². The first-order chi connectivity index (χ1) is 10.7. The lowest BCUT2D eigenvalue weighted by Gasteiger charge is -2.31. The van der Waals surface area contributed by atoms with Gasteiger partial charge in [-0.3, -0.25) is 0 Å². The van der Waals surface area contributed by atoms with Gasteiger partial charge in [-0.25, -0.2) is 14.5 Å². The van der Waals surface area contributed by atoms with E-state index >= 15 is 0 Å². The van der Waals surface area contributed by atoms with Crippen molar-refractivity contribution in [2.24, 2.45) is 5.92 Å². The summed E-state index contributed by atoms with van der Waals surface area (Å²) < 4.78 is 1.71. The van der Waals surface area contributed by atoms with Gasteiger partial charge < -0.3 is 10.2 Å². The van der Waals surface area contributed by atoms with Crippen LogP contribution in [0.2, 0.25) is 0 Å². The molecule has 6 heteroatoms. The van der Waals surface area contributed by atoms with Crippen LogP contribution in [0.1, 0.15) is 25.3 Å². The lowest BCUT2D eigenvalue weighted by Crippen LogP contribution is -2.44. The third-order valence-corrected chi connectivity index (χ3v) is 3.96. The fraction of sp³-hybridized carbons (Fsp3) is 0.438. The quantitative estimate of drug-likeness (QED) is 0.945. The number of nitrogens with zero attached hydrogens (tertiary/aromatic N) is 4. The second-order valence-corrected chi connectivity index (χ2v) is 5.79. The van der Waals surface area contributed by atoms with Gasteiger partial charge in [-0.1, -0.05) is 13.0 Å². The van der Waals surface area contributed by atoms with Gasteiger partial charge in [-0.2, -0.15) is 5.10 Å². The minimum Gasteiger partial charge on any atom is -0.334 e. The van der Waals surface area contributed by atoms with E-state index in [-0.39, 0.29) is 6.03 Å². The maximum absolute atomic E-state index is 12.3. The molecule has 0 radical (unpaired) electrons. The Morgan fingerprint density at radius 2 is 2.32 bits per heavy atom. The first-order valence-corrected chi connectivity index (χ1v) is 7.70. The van der Waals surface area contributed by atoms with Crippen LogP contribution in [0.4, 0.5) is 4.79 Å². The Balaban J connectivity index is 1.65. The molecule has 22 heavy (non-hydrogen) atoms. The summed E-state index contributed by atoms with van der Waals surface area (Å²) in [4.78, 5) is 18.5. The van der Waals surface area contributed by atoms with E-state index in [4.69, 9.17) is 0 Å². The van der Waals surface area contributed by atoms with Crippen molar-refractivity contribution in [3.8, 4) is 5.82 Å². The normalized spacial score (nSPS) is 18.2. The molecular formula is C16H21N5O. The van der Waals surface area contributed by atoms with E-state index in [2.05, 4.69) is 22.3 Å². The van der Waals surface area contributed by atoms with Crippen molar-refractivity contribution in [2.45, 2.75) is 26.3 Å². The third kappa shape index (κ3) is 3.27. The van der Waals surface area contributed by atoms with Crippen LogP contribution >= 0.6 is 0 Å². The SMILES string of the molecule is CC1CCCN(C(=O)NCc2cccnc2-n2cccn2)C1. The Bertz CT molecular complexity index is 625. The Morgan fingerprint density at radius 1 is 1.41 bits per heavy atom. The average molecular weight is 299 g/mol. The summed E-state index contributed by atoms with van der Waals surface area (Å²) in [6.45, 7) is 4.32. The second kappa shape index (κ2) is 6.60. The monoisotopic (exact) mass is 299 g/mol. The molecule has 1 unspecified atom stereocenters. The van der Waals surface area contributed by atoms with Crippen molar-refractivity contribution >= 4 is 6.03 Å². The highest BCUT2D eigenvalue weighted by atomic mass is 16.2. The van der Waals surface area contributed by atoms with E-state index in [1.54, 1.807) is 17.1 Å². The van der Waals surface area contributed by atoms with Crippen LogP contribution in [-0.4, -0.2) is 38.8 Å². The van der Waals surface area contributed by atoms with Gasteiger partial charge in [0.25, 0.3) is 0 Å². The van der Waals surface area contributed by atoms with E-state index in [1.807, 2.05) is 29.3 Å². The van der Waals surface area contributed by atoms with Crippen LogP contribution in [0.5, 0.6) is 0 Å². The number of hydrogen-bond donors (Lipinski definition) is 1. The maximum Gasteiger partial charge on any atom is 0.317 e. The molecule has 1 aliphatic rings. The minimum atomic E-state index is 0.00168. The standard InChI is InChI=1S/C16H21N5O/c1-13-5-3-9-20(12-13)16(22)18-11-14-6-2-7-17-15(14)21-10-4-8-19-21/h2,4,6-8,10,13H,3,5,9,11-12H2,1H3,(H,18,22). The summed E-state index contributed by atoms with van der Waals surface area (Å²) in [5.74, 6) is 1.33. The van der Waals surface area contributed by atoms with E-state index in [0.29, 0.717) is 12.5 Å². The molecule has 1 saturated heterocycles. The number of amides is 2. The first kappa shape index (κ1) is 14.6. The molecule has 116 valence electrons. The molecule has 3 heterocycles. The summed E-state index contributed by atoms with van der Waals surface area (Å²) in [5.41, 5.74) is 0.949. The molecule has 1 N–H and O–H groups in total. The van der Waals surface area contributed by atoms with Crippen molar-refractivity contribution in [3.05, 3.63) is 42.4 Å². The van der Waals surface area contributed by atoms with Crippen molar-refractivity contribution in [3.63, 3.8) is 0 Å². The fourth-order valence-electron chi connectivity index (χ4n) is 2.83. The van der Waals surface area contributed by atoms with Crippen molar-refractivity contribution in [1.29, 1.82) is 0 Å². The molecular weight excluding hydrogens is 278 g/mol. The number of piperidine rings is 1. The number of carbonyl (C=O) groups excluding carboxylic acids is 1. The van der Waals surface area contributed by atoms with Crippen LogP contribution in [-0.2, 0) is 6.54 Å². The van der Waals surface area contributed by atoms with Gasteiger partial charge in [0.05, 0.1) is 0 Å². The Kier molecular flexibility index (Phi) is 4.37. The largest absolute Gasteiger partial charge is 0.334 e. The van der Waals surface area contributed by atoms with E-state index in [9.17, 15) is 4.79 Å². The number of likely N-dealkylation sites (tertiary alicyclic amines) is 1. The highest BCUT2D eigenvalue weighted by Crippen LogP contribution is 2.16. The molecule has 3 rings (SSSR count). The molecule has 0 aromatic carbocycles. The number of pyridine rings is 1. The fourth-order valence-corrected chi connectivity index (χ4v) is 2.83. The number of nitrogens with one attached hydrogen (secondary N) is 1. The third-order valence-electron chi connectivity index (χ3n) is 3.96. The van der Waals surface area contributed by atoms with Gasteiger partial charge in [0.15, 0.2) is 5.82 Å². The van der Waals surface area contributed by atoms with E-state index < -0.39 is 0 Å². The van der Waals surface area contributed by atoms with Gasteiger partial charge in [-0.05, 0) is 30.9 Å². The number of urea groups is 1. The van der Waals surface area contributed by atoms with Crippen LogP contribution in [0, 0.1) is 5.92 Å². The smallest absolute Gasteiger partial charge is 0.317 e. The molecule has 1 atom stereocenters. The second-order valence-electron chi connectivity index (χ2n) is 5.79. The topological polar surface area (TPSA) is 63.1 Å². The summed E-state index contributed by atoms with van der Waals surface area (Å²) in [6, 6.07) is 5.69. The van der Waals surface area contributed by atoms with E-state index in [1.165, 1.54) is 6.42 Å². The number of rotatable bonds is 3. The van der Waals surface area contributed by atoms with E-state index in [0.717, 1.165) is 30.9 Å². The lowest BCUT2D eigenvalue weighted by molar-refractivity contribution is 0.169. The molecule has 0 saturated carbocycles. The number of hydrogen-bond acceptors (Lipinski definition) is 3. The lowest BCUT2D eigenvalue weighted by atomic mass is 10.0. The molecule has 2 amide bonds. The molecule has 0 bridgehead atoms. The Labute approximate surface area is 130 Å². The zero-order chi connectivity index (χ0) is 15.4. The maximum atomic E-state index is 12.3.